The quantitative estimate of drug-likeness (QED) is 0.900. The molecule has 0 saturated carbocycles. The first-order chi connectivity index (χ1) is 9.06. The molecule has 5 heteroatoms. The Kier molecular flexibility index (Phi) is 2.97. The lowest BCUT2D eigenvalue weighted by atomic mass is 9.77. The molecule has 0 aromatic heterocycles. The SMILES string of the molecule is O=C(O)C1CCN(C(=O)C2Cc3ccc(Cl)cc32)C1. The molecule has 4 nitrogen and oxygen atoms in total. The summed E-state index contributed by atoms with van der Waals surface area (Å²) in [6, 6.07) is 5.62. The van der Waals surface area contributed by atoms with Crippen molar-refractivity contribution in [2.45, 2.75) is 18.8 Å². The summed E-state index contributed by atoms with van der Waals surface area (Å²) < 4.78 is 0. The van der Waals surface area contributed by atoms with Crippen molar-refractivity contribution in [1.82, 2.24) is 4.90 Å². The Balaban J connectivity index is 1.72. The molecule has 1 aliphatic heterocycles. The van der Waals surface area contributed by atoms with Gasteiger partial charge in [0.25, 0.3) is 0 Å². The number of fused-ring (bicyclic) bond motifs is 1. The van der Waals surface area contributed by atoms with Crippen molar-refractivity contribution in [3.05, 3.63) is 34.3 Å². The van der Waals surface area contributed by atoms with Gasteiger partial charge in [-0.05, 0) is 36.1 Å². The summed E-state index contributed by atoms with van der Waals surface area (Å²) >= 11 is 5.94. The van der Waals surface area contributed by atoms with E-state index < -0.39 is 11.9 Å². The summed E-state index contributed by atoms with van der Waals surface area (Å²) in [5.74, 6) is -1.32. The van der Waals surface area contributed by atoms with Crippen molar-refractivity contribution in [2.75, 3.05) is 13.1 Å². The molecule has 2 aliphatic rings. The van der Waals surface area contributed by atoms with Crippen molar-refractivity contribution < 1.29 is 14.7 Å². The van der Waals surface area contributed by atoms with E-state index in [0.29, 0.717) is 24.5 Å². The maximum absolute atomic E-state index is 12.4. The van der Waals surface area contributed by atoms with Crippen LogP contribution < -0.4 is 0 Å². The number of carbonyl (C=O) groups is 2. The van der Waals surface area contributed by atoms with Crippen LogP contribution in [0.2, 0.25) is 5.02 Å². The largest absolute Gasteiger partial charge is 0.481 e. The van der Waals surface area contributed by atoms with Gasteiger partial charge in [-0.2, -0.15) is 0 Å². The Labute approximate surface area is 116 Å². The maximum atomic E-state index is 12.4. The third-order valence-corrected chi connectivity index (χ3v) is 4.29. The number of amides is 1. The van der Waals surface area contributed by atoms with Crippen LogP contribution in [0.25, 0.3) is 0 Å². The smallest absolute Gasteiger partial charge is 0.308 e. The molecule has 1 aromatic rings. The van der Waals surface area contributed by atoms with E-state index in [0.717, 1.165) is 17.5 Å². The molecule has 19 heavy (non-hydrogen) atoms. The first kappa shape index (κ1) is 12.5. The molecule has 100 valence electrons. The molecule has 1 aromatic carbocycles. The van der Waals surface area contributed by atoms with Crippen LogP contribution in [0.5, 0.6) is 0 Å². The molecule has 1 N–H and O–H groups in total. The van der Waals surface area contributed by atoms with E-state index in [9.17, 15) is 9.59 Å². The van der Waals surface area contributed by atoms with Crippen LogP contribution in [0, 0.1) is 5.92 Å². The summed E-state index contributed by atoms with van der Waals surface area (Å²) in [6.07, 6.45) is 1.29. The number of carboxylic acid groups (broad SMARTS) is 1. The first-order valence-corrected chi connectivity index (χ1v) is 6.74. The van der Waals surface area contributed by atoms with E-state index in [4.69, 9.17) is 16.7 Å². The van der Waals surface area contributed by atoms with Gasteiger partial charge in [-0.1, -0.05) is 17.7 Å². The highest BCUT2D eigenvalue weighted by Crippen LogP contribution is 2.38. The van der Waals surface area contributed by atoms with Gasteiger partial charge in [0.2, 0.25) is 5.91 Å². The average Bonchev–Trinajstić information content (AvgIpc) is 2.83. The summed E-state index contributed by atoms with van der Waals surface area (Å²) in [6.45, 7) is 0.878. The second kappa shape index (κ2) is 4.53. The first-order valence-electron chi connectivity index (χ1n) is 6.36. The van der Waals surface area contributed by atoms with Crippen molar-refractivity contribution in [3.8, 4) is 0 Å². The van der Waals surface area contributed by atoms with Gasteiger partial charge < -0.3 is 10.0 Å². The van der Waals surface area contributed by atoms with Crippen LogP contribution in [-0.4, -0.2) is 35.0 Å². The monoisotopic (exact) mass is 279 g/mol. The van der Waals surface area contributed by atoms with Crippen LogP contribution >= 0.6 is 11.6 Å². The molecule has 1 aliphatic carbocycles. The predicted octanol–water partition coefficient (Wildman–Crippen LogP) is 1.91. The molecule has 2 unspecified atom stereocenters. The lowest BCUT2D eigenvalue weighted by molar-refractivity contribution is -0.141. The number of hydrogen-bond acceptors (Lipinski definition) is 2. The highest BCUT2D eigenvalue weighted by molar-refractivity contribution is 6.30. The number of nitrogens with zero attached hydrogens (tertiary/aromatic N) is 1. The van der Waals surface area contributed by atoms with Crippen LogP contribution in [0.1, 0.15) is 23.5 Å². The molecule has 1 amide bonds. The maximum Gasteiger partial charge on any atom is 0.308 e. The van der Waals surface area contributed by atoms with Gasteiger partial charge in [0.1, 0.15) is 0 Å². The fourth-order valence-corrected chi connectivity index (χ4v) is 3.06. The molecule has 1 fully saturated rings. The van der Waals surface area contributed by atoms with E-state index in [2.05, 4.69) is 0 Å². The minimum absolute atomic E-state index is 0.0403. The molecule has 2 atom stereocenters. The molecule has 1 saturated heterocycles. The molecule has 1 heterocycles. The fourth-order valence-electron chi connectivity index (χ4n) is 2.88. The van der Waals surface area contributed by atoms with Crippen LogP contribution in [0.4, 0.5) is 0 Å². The van der Waals surface area contributed by atoms with E-state index in [1.54, 1.807) is 4.90 Å². The van der Waals surface area contributed by atoms with Crippen molar-refractivity contribution >= 4 is 23.5 Å². The summed E-state index contributed by atoms with van der Waals surface area (Å²) in [4.78, 5) is 24.9. The van der Waals surface area contributed by atoms with Gasteiger partial charge in [-0.15, -0.1) is 0 Å². The number of halogens is 1. The molecule has 0 radical (unpaired) electrons. The third kappa shape index (κ3) is 2.10. The van der Waals surface area contributed by atoms with Crippen LogP contribution in [-0.2, 0) is 16.0 Å². The van der Waals surface area contributed by atoms with Gasteiger partial charge in [0.05, 0.1) is 11.8 Å². The Hall–Kier alpha value is -1.55. The minimum atomic E-state index is -0.813. The number of rotatable bonds is 2. The second-order valence-electron chi connectivity index (χ2n) is 5.21. The lowest BCUT2D eigenvalue weighted by Crippen LogP contribution is -2.38. The van der Waals surface area contributed by atoms with Crippen molar-refractivity contribution in [1.29, 1.82) is 0 Å². The number of carboxylic acids is 1. The van der Waals surface area contributed by atoms with Gasteiger partial charge in [0, 0.05) is 18.1 Å². The van der Waals surface area contributed by atoms with Crippen LogP contribution in [0.3, 0.4) is 0 Å². The molecular weight excluding hydrogens is 266 g/mol. The molecule has 3 rings (SSSR count). The summed E-state index contributed by atoms with van der Waals surface area (Å²) in [7, 11) is 0. The van der Waals surface area contributed by atoms with E-state index >= 15 is 0 Å². The van der Waals surface area contributed by atoms with Gasteiger partial charge in [0.15, 0.2) is 0 Å². The zero-order chi connectivity index (χ0) is 13.6. The predicted molar refractivity (Wildman–Crippen MR) is 70.2 cm³/mol. The Morgan fingerprint density at radius 3 is 2.84 bits per heavy atom. The summed E-state index contributed by atoms with van der Waals surface area (Å²) in [5, 5.41) is 9.60. The number of carbonyl (C=O) groups excluding carboxylic acids is 1. The van der Waals surface area contributed by atoms with Crippen molar-refractivity contribution in [3.63, 3.8) is 0 Å². The molecule has 0 bridgehead atoms. The fraction of sp³-hybridized carbons (Fsp3) is 0.429. The highest BCUT2D eigenvalue weighted by Gasteiger charge is 2.38. The topological polar surface area (TPSA) is 57.6 Å². The van der Waals surface area contributed by atoms with Crippen molar-refractivity contribution in [2.24, 2.45) is 5.92 Å². The molecular formula is C14H14ClNO3. The average molecular weight is 280 g/mol. The number of aliphatic carboxylic acids is 1. The zero-order valence-corrected chi connectivity index (χ0v) is 11.1. The summed E-state index contributed by atoms with van der Waals surface area (Å²) in [5.41, 5.74) is 2.16. The minimum Gasteiger partial charge on any atom is -0.481 e. The standard InChI is InChI=1S/C14H14ClNO3/c15-10-2-1-8-5-12(11(8)6-10)13(17)16-4-3-9(7-16)14(18)19/h1-2,6,9,12H,3-5,7H2,(H,18,19). The number of likely N-dealkylation sites (tertiary alicyclic amines) is 1. The normalized spacial score (nSPS) is 24.8. The van der Waals surface area contributed by atoms with Gasteiger partial charge in [-0.25, -0.2) is 0 Å². The zero-order valence-electron chi connectivity index (χ0n) is 10.3. The van der Waals surface area contributed by atoms with Gasteiger partial charge >= 0.3 is 5.97 Å². The number of hydrogen-bond donors (Lipinski definition) is 1. The lowest BCUT2D eigenvalue weighted by Gasteiger charge is -2.32. The molecule has 0 spiro atoms. The third-order valence-electron chi connectivity index (χ3n) is 4.05. The highest BCUT2D eigenvalue weighted by atomic mass is 35.5. The van der Waals surface area contributed by atoms with E-state index in [-0.39, 0.29) is 11.8 Å². The van der Waals surface area contributed by atoms with E-state index in [1.807, 2.05) is 18.2 Å². The second-order valence-corrected chi connectivity index (χ2v) is 5.64. The van der Waals surface area contributed by atoms with Crippen LogP contribution in [0.15, 0.2) is 18.2 Å². The Bertz CT molecular complexity index is 558. The Morgan fingerprint density at radius 2 is 2.16 bits per heavy atom. The number of benzene rings is 1. The van der Waals surface area contributed by atoms with Gasteiger partial charge in [-0.3, -0.25) is 9.59 Å². The van der Waals surface area contributed by atoms with E-state index in [1.165, 1.54) is 0 Å². The Morgan fingerprint density at radius 1 is 1.37 bits per heavy atom.